The van der Waals surface area contributed by atoms with Crippen LogP contribution < -0.4 is 9.62 Å². The Morgan fingerprint density at radius 1 is 0.952 bits per heavy atom. The highest BCUT2D eigenvalue weighted by atomic mass is 79.9. The molecule has 7 nitrogen and oxygen atoms in total. The van der Waals surface area contributed by atoms with Gasteiger partial charge in [0.25, 0.3) is 0 Å². The minimum atomic E-state index is -3.86. The van der Waals surface area contributed by atoms with Crippen LogP contribution in [-0.4, -0.2) is 50.0 Å². The monoisotopic (exact) mass is 663 g/mol. The number of benzene rings is 3. The summed E-state index contributed by atoms with van der Waals surface area (Å²) in [4.78, 5) is 29.0. The SMILES string of the molecule is CC[C@@H](C)NC(=O)[C@H](Cc1ccccc1)N(Cc1cccc(Br)c1)C(=O)CCCN(c1ccc(F)c(F)c1)S(C)(=O)=O. The second-order valence-electron chi connectivity index (χ2n) is 10.2. The number of hydrogen-bond donors (Lipinski definition) is 1. The van der Waals surface area contributed by atoms with Crippen molar-refractivity contribution in [2.75, 3.05) is 17.1 Å². The van der Waals surface area contributed by atoms with E-state index in [0.29, 0.717) is 6.42 Å². The summed E-state index contributed by atoms with van der Waals surface area (Å²) in [6, 6.07) is 18.8. The predicted molar refractivity (Wildman–Crippen MR) is 164 cm³/mol. The first-order valence-electron chi connectivity index (χ1n) is 13.7. The van der Waals surface area contributed by atoms with Gasteiger partial charge in [-0.15, -0.1) is 0 Å². The first kappa shape index (κ1) is 33.2. The molecule has 0 radical (unpaired) electrons. The number of hydrogen-bond acceptors (Lipinski definition) is 4. The molecule has 0 saturated carbocycles. The average Bonchev–Trinajstić information content (AvgIpc) is 2.94. The average molecular weight is 665 g/mol. The second-order valence-corrected chi connectivity index (χ2v) is 13.0. The maximum absolute atomic E-state index is 13.9. The number of carbonyl (C=O) groups excluding carboxylic acids is 2. The Kier molecular flexibility index (Phi) is 12.0. The minimum absolute atomic E-state index is 0.0373. The molecule has 0 heterocycles. The van der Waals surface area contributed by atoms with Crippen LogP contribution in [0.25, 0.3) is 0 Å². The molecule has 0 bridgehead atoms. The number of nitrogens with one attached hydrogen (secondary N) is 1. The fourth-order valence-corrected chi connectivity index (χ4v) is 5.88. The number of carbonyl (C=O) groups is 2. The number of anilines is 1. The molecule has 3 aromatic carbocycles. The van der Waals surface area contributed by atoms with Crippen LogP contribution in [0.1, 0.15) is 44.2 Å². The van der Waals surface area contributed by atoms with Gasteiger partial charge < -0.3 is 10.2 Å². The van der Waals surface area contributed by atoms with E-state index in [1.165, 1.54) is 11.0 Å². The van der Waals surface area contributed by atoms with Gasteiger partial charge in [-0.05, 0) is 55.2 Å². The van der Waals surface area contributed by atoms with E-state index < -0.39 is 27.7 Å². The van der Waals surface area contributed by atoms with Gasteiger partial charge >= 0.3 is 0 Å². The lowest BCUT2D eigenvalue weighted by atomic mass is 10.0. The van der Waals surface area contributed by atoms with Crippen molar-refractivity contribution in [3.05, 3.63) is 100 Å². The van der Waals surface area contributed by atoms with E-state index in [9.17, 15) is 26.8 Å². The highest BCUT2D eigenvalue weighted by Crippen LogP contribution is 2.23. The maximum Gasteiger partial charge on any atom is 0.243 e. The third-order valence-electron chi connectivity index (χ3n) is 6.86. The van der Waals surface area contributed by atoms with Crippen molar-refractivity contribution in [2.24, 2.45) is 0 Å². The first-order valence-corrected chi connectivity index (χ1v) is 16.3. The molecule has 2 atom stereocenters. The van der Waals surface area contributed by atoms with E-state index in [0.717, 1.165) is 38.3 Å². The molecule has 1 N–H and O–H groups in total. The molecule has 226 valence electrons. The van der Waals surface area contributed by atoms with Crippen LogP contribution in [0.3, 0.4) is 0 Å². The lowest BCUT2D eigenvalue weighted by Gasteiger charge is -2.32. The van der Waals surface area contributed by atoms with Crippen LogP contribution in [0.5, 0.6) is 0 Å². The smallest absolute Gasteiger partial charge is 0.243 e. The summed E-state index contributed by atoms with van der Waals surface area (Å²) in [5.74, 6) is -2.88. The van der Waals surface area contributed by atoms with Gasteiger partial charge in [0.1, 0.15) is 6.04 Å². The second kappa shape index (κ2) is 15.2. The van der Waals surface area contributed by atoms with Gasteiger partial charge in [0.15, 0.2) is 11.6 Å². The van der Waals surface area contributed by atoms with E-state index >= 15 is 0 Å². The molecule has 0 aliphatic carbocycles. The van der Waals surface area contributed by atoms with E-state index in [4.69, 9.17) is 0 Å². The number of sulfonamides is 1. The van der Waals surface area contributed by atoms with E-state index in [1.807, 2.05) is 68.4 Å². The normalized spacial score (nSPS) is 12.8. The zero-order valence-corrected chi connectivity index (χ0v) is 26.3. The van der Waals surface area contributed by atoms with Crippen LogP contribution in [-0.2, 0) is 32.6 Å². The number of rotatable bonds is 14. The molecular weight excluding hydrogens is 628 g/mol. The number of amides is 2. The summed E-state index contributed by atoms with van der Waals surface area (Å²) in [6.07, 6.45) is 1.98. The molecule has 0 aromatic heterocycles. The first-order chi connectivity index (χ1) is 19.9. The quantitative estimate of drug-likeness (QED) is 0.235. The van der Waals surface area contributed by atoms with Crippen molar-refractivity contribution in [2.45, 2.75) is 58.2 Å². The molecular formula is C31H36BrF2N3O4S. The Hall–Kier alpha value is -3.31. The fourth-order valence-electron chi connectivity index (χ4n) is 4.47. The number of nitrogens with zero attached hydrogens (tertiary/aromatic N) is 2. The van der Waals surface area contributed by atoms with Crippen molar-refractivity contribution in [3.8, 4) is 0 Å². The van der Waals surface area contributed by atoms with Gasteiger partial charge in [-0.1, -0.05) is 65.3 Å². The molecule has 3 aromatic rings. The summed E-state index contributed by atoms with van der Waals surface area (Å²) in [5.41, 5.74) is 1.66. The van der Waals surface area contributed by atoms with Crippen LogP contribution >= 0.6 is 15.9 Å². The van der Waals surface area contributed by atoms with Crippen LogP contribution in [0.2, 0.25) is 0 Å². The third-order valence-corrected chi connectivity index (χ3v) is 8.54. The molecule has 0 unspecified atom stereocenters. The summed E-state index contributed by atoms with van der Waals surface area (Å²) >= 11 is 3.46. The van der Waals surface area contributed by atoms with Gasteiger partial charge in [-0.3, -0.25) is 13.9 Å². The third kappa shape index (κ3) is 9.62. The van der Waals surface area contributed by atoms with Crippen LogP contribution in [0.4, 0.5) is 14.5 Å². The van der Waals surface area contributed by atoms with Gasteiger partial charge in [0, 0.05) is 42.5 Å². The Bertz CT molecular complexity index is 1470. The lowest BCUT2D eigenvalue weighted by Crippen LogP contribution is -2.52. The van der Waals surface area contributed by atoms with Crippen molar-refractivity contribution >= 4 is 43.5 Å². The van der Waals surface area contributed by atoms with Crippen LogP contribution in [0, 0.1) is 11.6 Å². The topological polar surface area (TPSA) is 86.8 Å². The largest absolute Gasteiger partial charge is 0.352 e. The Morgan fingerprint density at radius 2 is 1.64 bits per heavy atom. The fraction of sp³-hybridized carbons (Fsp3) is 0.355. The summed E-state index contributed by atoms with van der Waals surface area (Å²) in [5, 5.41) is 3.01. The lowest BCUT2D eigenvalue weighted by molar-refractivity contribution is -0.141. The van der Waals surface area contributed by atoms with E-state index in [2.05, 4.69) is 21.2 Å². The summed E-state index contributed by atoms with van der Waals surface area (Å²) in [7, 11) is -3.86. The Morgan fingerprint density at radius 3 is 2.26 bits per heavy atom. The van der Waals surface area contributed by atoms with Crippen LogP contribution in [0.15, 0.2) is 77.3 Å². The Labute approximate surface area is 255 Å². The van der Waals surface area contributed by atoms with Gasteiger partial charge in [0.05, 0.1) is 11.9 Å². The minimum Gasteiger partial charge on any atom is -0.352 e. The summed E-state index contributed by atoms with van der Waals surface area (Å²) < 4.78 is 54.1. The molecule has 11 heteroatoms. The van der Waals surface area contributed by atoms with E-state index in [-0.39, 0.29) is 55.9 Å². The van der Waals surface area contributed by atoms with Gasteiger partial charge in [0.2, 0.25) is 21.8 Å². The van der Waals surface area contributed by atoms with Crippen molar-refractivity contribution in [3.63, 3.8) is 0 Å². The van der Waals surface area contributed by atoms with Crippen molar-refractivity contribution < 1.29 is 26.8 Å². The Balaban J connectivity index is 1.90. The molecule has 0 fully saturated rings. The highest BCUT2D eigenvalue weighted by Gasteiger charge is 2.31. The molecule has 0 aliphatic heterocycles. The maximum atomic E-state index is 13.9. The number of halogens is 3. The molecule has 0 saturated heterocycles. The molecule has 42 heavy (non-hydrogen) atoms. The summed E-state index contributed by atoms with van der Waals surface area (Å²) in [6.45, 7) is 3.88. The van der Waals surface area contributed by atoms with Gasteiger partial charge in [-0.2, -0.15) is 0 Å². The molecule has 0 spiro atoms. The highest BCUT2D eigenvalue weighted by molar-refractivity contribution is 9.10. The molecule has 3 rings (SSSR count). The molecule has 2 amide bonds. The zero-order valence-electron chi connectivity index (χ0n) is 23.9. The predicted octanol–water partition coefficient (Wildman–Crippen LogP) is 5.83. The van der Waals surface area contributed by atoms with Crippen molar-refractivity contribution in [1.29, 1.82) is 0 Å². The van der Waals surface area contributed by atoms with Crippen molar-refractivity contribution in [1.82, 2.24) is 10.2 Å². The van der Waals surface area contributed by atoms with E-state index in [1.54, 1.807) is 0 Å². The van der Waals surface area contributed by atoms with Gasteiger partial charge in [-0.25, -0.2) is 17.2 Å². The molecule has 0 aliphatic rings. The zero-order chi connectivity index (χ0) is 30.9. The standard InChI is InChI=1S/C31H36BrF2N3O4S/c1-4-22(2)35-31(39)29(19-23-10-6-5-7-11-23)36(21-24-12-8-13-25(32)18-24)30(38)14-9-17-37(42(3,40)41)26-15-16-27(33)28(34)20-26/h5-8,10-13,15-16,18,20,22,29H,4,9,14,17,19,21H2,1-3H3,(H,35,39)/t22-,29+/m1/s1.